The molecule has 0 saturated carbocycles. The maximum absolute atomic E-state index is 14.2. The number of piperidine rings is 1. The highest BCUT2D eigenvalue weighted by atomic mass is 35.5. The predicted molar refractivity (Wildman–Crippen MR) is 102 cm³/mol. The third-order valence-corrected chi connectivity index (χ3v) is 5.00. The predicted octanol–water partition coefficient (Wildman–Crippen LogP) is 4.16. The maximum atomic E-state index is 14.2. The van der Waals surface area contributed by atoms with Crippen LogP contribution < -0.4 is 5.32 Å². The summed E-state index contributed by atoms with van der Waals surface area (Å²) in [6, 6.07) is 9.28. The van der Waals surface area contributed by atoms with E-state index in [9.17, 15) is 19.1 Å². The number of likely N-dealkylation sites (tertiary alicyclic amines) is 1. The third kappa shape index (κ3) is 4.22. The Bertz CT molecular complexity index is 888. The zero-order chi connectivity index (χ0) is 19.6. The van der Waals surface area contributed by atoms with Crippen molar-refractivity contribution in [2.24, 2.45) is 0 Å². The molecular formula is C20H20ClFN2O3. The number of hydrogen-bond donors (Lipinski definition) is 2. The number of phenols is 1. The Labute approximate surface area is 161 Å². The lowest BCUT2D eigenvalue weighted by atomic mass is 9.89. The first-order valence-corrected chi connectivity index (χ1v) is 9.08. The van der Waals surface area contributed by atoms with Gasteiger partial charge in [-0.1, -0.05) is 23.7 Å². The van der Waals surface area contributed by atoms with E-state index in [1.54, 1.807) is 29.2 Å². The van der Waals surface area contributed by atoms with Gasteiger partial charge in [0.1, 0.15) is 0 Å². The molecule has 0 bridgehead atoms. The van der Waals surface area contributed by atoms with Crippen LogP contribution in [0.3, 0.4) is 0 Å². The first kappa shape index (κ1) is 19.2. The molecule has 1 atom stereocenters. The van der Waals surface area contributed by atoms with Gasteiger partial charge < -0.3 is 15.3 Å². The first-order chi connectivity index (χ1) is 12.9. The van der Waals surface area contributed by atoms with Crippen molar-refractivity contribution in [3.05, 3.63) is 58.4 Å². The summed E-state index contributed by atoms with van der Waals surface area (Å²) in [6.45, 7) is 2.31. The van der Waals surface area contributed by atoms with E-state index in [2.05, 4.69) is 5.32 Å². The monoisotopic (exact) mass is 390 g/mol. The number of nitrogens with zero attached hydrogens (tertiary/aromatic N) is 1. The van der Waals surface area contributed by atoms with Crippen LogP contribution in [0.5, 0.6) is 5.75 Å². The van der Waals surface area contributed by atoms with Crippen LogP contribution >= 0.6 is 11.6 Å². The molecule has 0 spiro atoms. The Morgan fingerprint density at radius 1 is 1.30 bits per heavy atom. The molecule has 7 heteroatoms. The number of anilines is 1. The summed E-state index contributed by atoms with van der Waals surface area (Å²) in [4.78, 5) is 25.7. The van der Waals surface area contributed by atoms with Gasteiger partial charge in [0.25, 0.3) is 5.91 Å². The summed E-state index contributed by atoms with van der Waals surface area (Å²) >= 11 is 6.16. The number of aromatic hydroxyl groups is 1. The lowest BCUT2D eigenvalue weighted by Crippen LogP contribution is -2.39. The van der Waals surface area contributed by atoms with Gasteiger partial charge in [0.05, 0.1) is 10.7 Å². The molecule has 1 aliphatic rings. The number of halogens is 2. The highest BCUT2D eigenvalue weighted by molar-refractivity contribution is 6.34. The molecule has 1 aliphatic heterocycles. The van der Waals surface area contributed by atoms with Gasteiger partial charge in [-0.2, -0.15) is 0 Å². The third-order valence-electron chi connectivity index (χ3n) is 4.68. The van der Waals surface area contributed by atoms with Crippen LogP contribution in [-0.2, 0) is 4.79 Å². The lowest BCUT2D eigenvalue weighted by molar-refractivity contribution is -0.114. The second-order valence-electron chi connectivity index (χ2n) is 6.65. The van der Waals surface area contributed by atoms with Crippen LogP contribution in [0.15, 0.2) is 36.4 Å². The van der Waals surface area contributed by atoms with Crippen molar-refractivity contribution in [3.8, 4) is 5.75 Å². The molecule has 1 unspecified atom stereocenters. The van der Waals surface area contributed by atoms with Gasteiger partial charge in [0.15, 0.2) is 11.6 Å². The molecule has 2 aromatic carbocycles. The number of hydrogen-bond acceptors (Lipinski definition) is 3. The van der Waals surface area contributed by atoms with Crippen molar-refractivity contribution in [3.63, 3.8) is 0 Å². The molecule has 2 N–H and O–H groups in total. The van der Waals surface area contributed by atoms with Crippen molar-refractivity contribution >= 4 is 29.1 Å². The Morgan fingerprint density at radius 3 is 2.78 bits per heavy atom. The highest BCUT2D eigenvalue weighted by Crippen LogP contribution is 2.33. The van der Waals surface area contributed by atoms with Crippen LogP contribution in [0.1, 0.15) is 41.6 Å². The molecule has 27 heavy (non-hydrogen) atoms. The smallest absolute Gasteiger partial charge is 0.253 e. The molecule has 1 fully saturated rings. The Hall–Kier alpha value is -2.60. The van der Waals surface area contributed by atoms with E-state index in [0.717, 1.165) is 12.8 Å². The molecule has 0 aliphatic carbocycles. The fourth-order valence-electron chi connectivity index (χ4n) is 3.39. The number of rotatable bonds is 3. The Kier molecular flexibility index (Phi) is 5.65. The average molecular weight is 391 g/mol. The highest BCUT2D eigenvalue weighted by Gasteiger charge is 2.28. The molecule has 5 nitrogen and oxygen atoms in total. The summed E-state index contributed by atoms with van der Waals surface area (Å²) in [6.07, 6.45) is 1.48. The van der Waals surface area contributed by atoms with Crippen LogP contribution in [-0.4, -0.2) is 34.9 Å². The van der Waals surface area contributed by atoms with Gasteiger partial charge in [-0.15, -0.1) is 0 Å². The van der Waals surface area contributed by atoms with E-state index in [0.29, 0.717) is 29.9 Å². The zero-order valence-corrected chi connectivity index (χ0v) is 15.6. The topological polar surface area (TPSA) is 69.6 Å². The number of amides is 2. The molecule has 142 valence electrons. The molecular weight excluding hydrogens is 371 g/mol. The van der Waals surface area contributed by atoms with E-state index >= 15 is 0 Å². The molecule has 2 amide bonds. The fraction of sp³-hybridized carbons (Fsp3) is 0.300. The minimum Gasteiger partial charge on any atom is -0.505 e. The normalized spacial score (nSPS) is 16.9. The second kappa shape index (κ2) is 7.96. The molecule has 1 heterocycles. The van der Waals surface area contributed by atoms with Gasteiger partial charge in [0.2, 0.25) is 5.91 Å². The summed E-state index contributed by atoms with van der Waals surface area (Å²) in [5, 5.41) is 12.5. The van der Waals surface area contributed by atoms with E-state index < -0.39 is 5.82 Å². The number of benzene rings is 2. The van der Waals surface area contributed by atoms with E-state index in [4.69, 9.17) is 11.6 Å². The number of nitrogens with one attached hydrogen (secondary N) is 1. The Balaban J connectivity index is 1.78. The van der Waals surface area contributed by atoms with Gasteiger partial charge >= 0.3 is 0 Å². The quantitative estimate of drug-likeness (QED) is 0.826. The van der Waals surface area contributed by atoms with Crippen molar-refractivity contribution in [2.75, 3.05) is 18.4 Å². The summed E-state index contributed by atoms with van der Waals surface area (Å²) in [5.41, 5.74) is 1.27. The van der Waals surface area contributed by atoms with Crippen molar-refractivity contribution in [1.82, 2.24) is 4.90 Å². The molecule has 0 aromatic heterocycles. The van der Waals surface area contributed by atoms with Crippen LogP contribution in [0.25, 0.3) is 0 Å². The summed E-state index contributed by atoms with van der Waals surface area (Å²) < 4.78 is 14.2. The minimum atomic E-state index is -0.625. The molecule has 0 radical (unpaired) electrons. The molecule has 2 aromatic rings. The second-order valence-corrected chi connectivity index (χ2v) is 7.05. The molecule has 1 saturated heterocycles. The van der Waals surface area contributed by atoms with E-state index in [1.165, 1.54) is 19.1 Å². The van der Waals surface area contributed by atoms with Gasteiger partial charge in [0, 0.05) is 31.5 Å². The van der Waals surface area contributed by atoms with Gasteiger partial charge in [-0.25, -0.2) is 4.39 Å². The largest absolute Gasteiger partial charge is 0.505 e. The zero-order valence-electron chi connectivity index (χ0n) is 14.8. The summed E-state index contributed by atoms with van der Waals surface area (Å²) in [7, 11) is 0. The maximum Gasteiger partial charge on any atom is 0.253 e. The first-order valence-electron chi connectivity index (χ1n) is 8.70. The van der Waals surface area contributed by atoms with Crippen LogP contribution in [0.2, 0.25) is 5.02 Å². The van der Waals surface area contributed by atoms with Crippen molar-refractivity contribution in [1.29, 1.82) is 0 Å². The Morgan fingerprint density at radius 2 is 2.07 bits per heavy atom. The van der Waals surface area contributed by atoms with Crippen molar-refractivity contribution < 1.29 is 19.1 Å². The van der Waals surface area contributed by atoms with Gasteiger partial charge in [-0.05, 0) is 42.7 Å². The number of phenolic OH excluding ortho intramolecular Hbond substituents is 1. The average Bonchev–Trinajstić information content (AvgIpc) is 2.65. The molecule has 3 rings (SSSR count). The van der Waals surface area contributed by atoms with Crippen molar-refractivity contribution in [2.45, 2.75) is 25.7 Å². The number of carbonyl (C=O) groups is 2. The van der Waals surface area contributed by atoms with Crippen LogP contribution in [0.4, 0.5) is 10.1 Å². The van der Waals surface area contributed by atoms with Crippen LogP contribution in [0, 0.1) is 5.82 Å². The standard InChI is InChI=1S/C20H20ClFN2O3/c1-12(25)23-17-8-7-13(10-16(17)21)20(27)24-9-3-4-14(11-24)15-5-2-6-18(26)19(15)22/h2,5-8,10,14,26H,3-4,9,11H2,1H3,(H,23,25). The lowest BCUT2D eigenvalue weighted by Gasteiger charge is -2.33. The van der Waals surface area contributed by atoms with Gasteiger partial charge in [-0.3, -0.25) is 9.59 Å². The number of carbonyl (C=O) groups excluding carboxylic acids is 2. The fourth-order valence-corrected chi connectivity index (χ4v) is 3.62. The SMILES string of the molecule is CC(=O)Nc1ccc(C(=O)N2CCCC(c3cccc(O)c3F)C2)cc1Cl. The summed E-state index contributed by atoms with van der Waals surface area (Å²) in [5.74, 6) is -1.63. The van der Waals surface area contributed by atoms with E-state index in [-0.39, 0.29) is 28.5 Å². The van der Waals surface area contributed by atoms with E-state index in [1.807, 2.05) is 0 Å². The minimum absolute atomic E-state index is 0.177.